The quantitative estimate of drug-likeness (QED) is 0.247. The van der Waals surface area contributed by atoms with E-state index in [0.717, 1.165) is 5.69 Å². The van der Waals surface area contributed by atoms with Gasteiger partial charge in [0.05, 0.1) is 46.8 Å². The molecule has 40 heavy (non-hydrogen) atoms. The van der Waals surface area contributed by atoms with Gasteiger partial charge in [-0.2, -0.15) is 5.26 Å². The van der Waals surface area contributed by atoms with E-state index in [1.54, 1.807) is 36.6 Å². The summed E-state index contributed by atoms with van der Waals surface area (Å²) in [6, 6.07) is 10.4. The van der Waals surface area contributed by atoms with Crippen LogP contribution in [0.3, 0.4) is 0 Å². The number of hydrazine groups is 1. The van der Waals surface area contributed by atoms with E-state index in [0.29, 0.717) is 29.0 Å². The molecule has 0 amide bonds. The van der Waals surface area contributed by atoms with Crippen LogP contribution >= 0.6 is 0 Å². The van der Waals surface area contributed by atoms with Gasteiger partial charge in [0.25, 0.3) is 5.56 Å². The largest absolute Gasteiger partial charge is 0.458 e. The molecule has 0 radical (unpaired) electrons. The summed E-state index contributed by atoms with van der Waals surface area (Å²) in [7, 11) is 2.23. The summed E-state index contributed by atoms with van der Waals surface area (Å²) in [5.74, 6) is 5.82. The average Bonchev–Trinajstić information content (AvgIpc) is 3.52. The standard InChI is InChI=1S/C28H38N6O5S/c1-17(32-18-7-9-19(10-8-18)40(37)33(5)6)23-21(12-14-31-25(23)35)34(30)24-20(15-29)28(24)13-11-22(38-16-28)26(36)39-27(2,3)4/h7-10,12,14,17,20,22,24,32H,11,13,16,30H2,1-6H3,(H,31,35)/t17?,20-,22-,24?,28?,40?/m0/s1. The van der Waals surface area contributed by atoms with Crippen molar-refractivity contribution in [3.05, 3.63) is 52.4 Å². The van der Waals surface area contributed by atoms with E-state index >= 15 is 0 Å². The van der Waals surface area contributed by atoms with Gasteiger partial charge < -0.3 is 24.8 Å². The fraction of sp³-hybridized carbons (Fsp3) is 0.536. The molecule has 1 aliphatic heterocycles. The number of nitrogens with two attached hydrogens (primary N) is 1. The smallest absolute Gasteiger partial charge is 0.335 e. The van der Waals surface area contributed by atoms with Crippen LogP contribution < -0.4 is 21.7 Å². The highest BCUT2D eigenvalue weighted by molar-refractivity contribution is 7.82. The molecule has 11 nitrogen and oxygen atoms in total. The molecule has 4 unspecified atom stereocenters. The van der Waals surface area contributed by atoms with Gasteiger partial charge in [-0.15, -0.1) is 0 Å². The molecule has 1 saturated carbocycles. The highest BCUT2D eigenvalue weighted by Gasteiger charge is 2.69. The number of hydrogen-bond acceptors (Lipinski definition) is 9. The number of H-pyrrole nitrogens is 1. The number of hydrogen-bond donors (Lipinski definition) is 3. The predicted molar refractivity (Wildman–Crippen MR) is 152 cm³/mol. The van der Waals surface area contributed by atoms with Gasteiger partial charge >= 0.3 is 5.97 Å². The van der Waals surface area contributed by atoms with Gasteiger partial charge in [-0.3, -0.25) is 4.79 Å². The molecule has 0 bridgehead atoms. The molecule has 2 aliphatic rings. The number of ether oxygens (including phenoxy) is 2. The Morgan fingerprint density at radius 1 is 1.30 bits per heavy atom. The summed E-state index contributed by atoms with van der Waals surface area (Å²) >= 11 is 0. The Labute approximate surface area is 237 Å². The molecule has 6 atom stereocenters. The first kappa shape index (κ1) is 29.7. The maximum atomic E-state index is 13.0. The molecular weight excluding hydrogens is 532 g/mol. The molecule has 2 fully saturated rings. The zero-order valence-corrected chi connectivity index (χ0v) is 24.6. The van der Waals surface area contributed by atoms with Crippen molar-refractivity contribution in [2.75, 3.05) is 31.0 Å². The minimum absolute atomic E-state index is 0.195. The SMILES string of the molecule is CC(Nc1ccc(S(=O)N(C)C)cc1)c1c(N(N)C2[C@H](C#N)C23CC[C@@H](C(=O)OC(C)(C)C)OC3)cc[nH]c1=O. The van der Waals surface area contributed by atoms with Crippen molar-refractivity contribution >= 4 is 28.3 Å². The Morgan fingerprint density at radius 3 is 2.52 bits per heavy atom. The van der Waals surface area contributed by atoms with Crippen molar-refractivity contribution in [2.45, 2.75) is 69.2 Å². The number of nitriles is 1. The minimum Gasteiger partial charge on any atom is -0.458 e. The summed E-state index contributed by atoms with van der Waals surface area (Å²) in [6.45, 7) is 7.47. The Kier molecular flexibility index (Phi) is 8.42. The number of nitrogens with zero attached hydrogens (tertiary/aromatic N) is 3. The third-order valence-electron chi connectivity index (χ3n) is 7.41. The first-order valence-electron chi connectivity index (χ1n) is 13.2. The normalized spacial score (nSPS) is 25.6. The number of carbonyl (C=O) groups excluding carboxylic acids is 1. The monoisotopic (exact) mass is 570 g/mol. The number of nitrogens with one attached hydrogen (secondary N) is 2. The lowest BCUT2D eigenvalue weighted by atomic mass is 9.92. The van der Waals surface area contributed by atoms with Gasteiger partial charge in [0.1, 0.15) is 16.6 Å². The summed E-state index contributed by atoms with van der Waals surface area (Å²) in [5.41, 5.74) is 0.215. The van der Waals surface area contributed by atoms with E-state index in [4.69, 9.17) is 15.3 Å². The zero-order valence-electron chi connectivity index (χ0n) is 23.8. The topological polar surface area (TPSA) is 154 Å². The van der Waals surface area contributed by atoms with Crippen LogP contribution in [0.5, 0.6) is 0 Å². The first-order chi connectivity index (χ1) is 18.8. The van der Waals surface area contributed by atoms with Crippen LogP contribution in [0.15, 0.2) is 46.2 Å². The number of carbonyl (C=O) groups is 1. The van der Waals surface area contributed by atoms with Crippen LogP contribution in [0.4, 0.5) is 11.4 Å². The molecule has 1 spiro atoms. The summed E-state index contributed by atoms with van der Waals surface area (Å²) in [6.07, 6.45) is 1.84. The van der Waals surface area contributed by atoms with Gasteiger partial charge in [-0.1, -0.05) is 0 Å². The molecule has 4 N–H and O–H groups in total. The van der Waals surface area contributed by atoms with E-state index in [2.05, 4.69) is 16.4 Å². The van der Waals surface area contributed by atoms with Crippen molar-refractivity contribution in [1.82, 2.24) is 9.29 Å². The van der Waals surface area contributed by atoms with Crippen molar-refractivity contribution in [2.24, 2.45) is 17.2 Å². The van der Waals surface area contributed by atoms with Gasteiger partial charge in [0.2, 0.25) is 0 Å². The van der Waals surface area contributed by atoms with Crippen molar-refractivity contribution in [1.29, 1.82) is 5.26 Å². The van der Waals surface area contributed by atoms with Crippen LogP contribution in [-0.4, -0.2) is 57.9 Å². The molecule has 12 heteroatoms. The van der Waals surface area contributed by atoms with Crippen LogP contribution in [-0.2, 0) is 25.3 Å². The number of aromatic amines is 1. The maximum Gasteiger partial charge on any atom is 0.335 e. The van der Waals surface area contributed by atoms with Crippen LogP contribution in [0.25, 0.3) is 0 Å². The minimum atomic E-state index is -1.26. The fourth-order valence-electron chi connectivity index (χ4n) is 5.42. The van der Waals surface area contributed by atoms with E-state index < -0.39 is 46.0 Å². The highest BCUT2D eigenvalue weighted by atomic mass is 32.2. The summed E-state index contributed by atoms with van der Waals surface area (Å²) in [5, 5.41) is 14.8. The summed E-state index contributed by atoms with van der Waals surface area (Å²) < 4.78 is 25.3. The van der Waals surface area contributed by atoms with Crippen molar-refractivity contribution in [3.8, 4) is 6.07 Å². The number of anilines is 2. The Bertz CT molecular complexity index is 1350. The predicted octanol–water partition coefficient (Wildman–Crippen LogP) is 2.84. The van der Waals surface area contributed by atoms with Crippen molar-refractivity contribution in [3.63, 3.8) is 0 Å². The molecule has 2 heterocycles. The van der Waals surface area contributed by atoms with Gasteiger partial charge in [-0.25, -0.2) is 19.2 Å². The number of pyridine rings is 1. The average molecular weight is 571 g/mol. The van der Waals surface area contributed by atoms with Crippen LogP contribution in [0.1, 0.15) is 52.1 Å². The fourth-order valence-corrected chi connectivity index (χ4v) is 6.21. The second kappa shape index (κ2) is 11.3. The van der Waals surface area contributed by atoms with Crippen LogP contribution in [0.2, 0.25) is 0 Å². The second-order valence-corrected chi connectivity index (χ2v) is 13.3. The third-order valence-corrected chi connectivity index (χ3v) is 8.75. The number of benzene rings is 1. The number of rotatable bonds is 8. The number of aromatic nitrogens is 1. The van der Waals surface area contributed by atoms with E-state index in [-0.39, 0.29) is 18.2 Å². The lowest BCUT2D eigenvalue weighted by Gasteiger charge is -2.32. The molecule has 1 saturated heterocycles. The first-order valence-corrected chi connectivity index (χ1v) is 14.3. The lowest BCUT2D eigenvalue weighted by Crippen LogP contribution is -2.43. The molecule has 216 valence electrons. The highest BCUT2D eigenvalue weighted by Crippen LogP contribution is 2.60. The van der Waals surface area contributed by atoms with Crippen molar-refractivity contribution < 1.29 is 18.5 Å². The zero-order chi connectivity index (χ0) is 29.4. The maximum absolute atomic E-state index is 13.0. The van der Waals surface area contributed by atoms with Crippen LogP contribution in [0, 0.1) is 22.7 Å². The Hall–Kier alpha value is -3.24. The Balaban J connectivity index is 1.51. The van der Waals surface area contributed by atoms with E-state index in [9.17, 15) is 19.1 Å². The molecule has 1 aromatic carbocycles. The van der Waals surface area contributed by atoms with Gasteiger partial charge in [-0.05, 0) is 85.0 Å². The molecule has 2 aromatic rings. The van der Waals surface area contributed by atoms with E-state index in [1.165, 1.54) is 11.2 Å². The van der Waals surface area contributed by atoms with E-state index in [1.807, 2.05) is 39.8 Å². The molecule has 4 rings (SSSR count). The van der Waals surface area contributed by atoms with Gasteiger partial charge in [0.15, 0.2) is 6.10 Å². The summed E-state index contributed by atoms with van der Waals surface area (Å²) in [4.78, 5) is 28.9. The third kappa shape index (κ3) is 5.93. The molecule has 1 aliphatic carbocycles. The van der Waals surface area contributed by atoms with Gasteiger partial charge in [0, 0.05) is 17.3 Å². The molecular formula is C28H38N6O5S. The lowest BCUT2D eigenvalue weighted by molar-refractivity contribution is -0.174. The second-order valence-electron chi connectivity index (χ2n) is 11.6. The Morgan fingerprint density at radius 2 is 1.98 bits per heavy atom. The molecule has 1 aromatic heterocycles. The number of esters is 1.